The molecule has 0 unspecified atom stereocenters. The molecule has 0 saturated carbocycles. The number of piperazine rings is 1. The summed E-state index contributed by atoms with van der Waals surface area (Å²) in [7, 11) is 2.07. The predicted octanol–water partition coefficient (Wildman–Crippen LogP) is 4.26. The monoisotopic (exact) mass is 440 g/mol. The molecule has 32 heavy (non-hydrogen) atoms. The molecule has 0 radical (unpaired) electrons. The van der Waals surface area contributed by atoms with Crippen LogP contribution in [0.4, 0.5) is 26.1 Å². The number of hydrogen-bond acceptors (Lipinski definition) is 6. The Kier molecular flexibility index (Phi) is 6.41. The van der Waals surface area contributed by atoms with Gasteiger partial charge in [0.15, 0.2) is 5.82 Å². The minimum atomic E-state index is -0.489. The first-order valence-electron chi connectivity index (χ1n) is 11.0. The first-order valence-corrected chi connectivity index (χ1v) is 11.0. The van der Waals surface area contributed by atoms with Crippen LogP contribution in [0.25, 0.3) is 5.57 Å². The Morgan fingerprint density at radius 1 is 1.06 bits per heavy atom. The molecule has 1 N–H and O–H groups in total. The number of benzene rings is 1. The van der Waals surface area contributed by atoms with Crippen molar-refractivity contribution in [3.8, 4) is 0 Å². The summed E-state index contributed by atoms with van der Waals surface area (Å²) in [6.45, 7) is 10.3. The van der Waals surface area contributed by atoms with E-state index in [1.165, 1.54) is 6.07 Å². The van der Waals surface area contributed by atoms with E-state index < -0.39 is 5.82 Å². The minimum Gasteiger partial charge on any atom is -0.371 e. The number of allylic oxidation sites excluding steroid dienone is 2. The van der Waals surface area contributed by atoms with Gasteiger partial charge in [-0.25, -0.2) is 18.7 Å². The average molecular weight is 441 g/mol. The SMILES string of the molecule is CC1=CCN(C(C)C)C=C1c1nc(Nc2ccc(N3CCN(C)CC3)c(F)c2)ncc1F. The first-order chi connectivity index (χ1) is 15.3. The average Bonchev–Trinajstić information content (AvgIpc) is 2.76. The van der Waals surface area contributed by atoms with E-state index in [1.54, 1.807) is 12.1 Å². The molecule has 2 aliphatic heterocycles. The second-order valence-corrected chi connectivity index (χ2v) is 8.69. The molecular weight excluding hydrogens is 410 g/mol. The summed E-state index contributed by atoms with van der Waals surface area (Å²) < 4.78 is 29.5. The molecule has 0 amide bonds. The molecule has 6 nitrogen and oxygen atoms in total. The van der Waals surface area contributed by atoms with Gasteiger partial charge in [-0.3, -0.25) is 0 Å². The lowest BCUT2D eigenvalue weighted by Crippen LogP contribution is -2.44. The van der Waals surface area contributed by atoms with Crippen molar-refractivity contribution in [3.05, 3.63) is 59.6 Å². The highest BCUT2D eigenvalue weighted by Gasteiger charge is 2.20. The Hall–Kier alpha value is -3.00. The van der Waals surface area contributed by atoms with Crippen LogP contribution in [-0.4, -0.2) is 65.6 Å². The lowest BCUT2D eigenvalue weighted by atomic mass is 10.0. The molecule has 8 heteroatoms. The van der Waals surface area contributed by atoms with Crippen LogP contribution in [0.1, 0.15) is 26.5 Å². The molecule has 1 aromatic carbocycles. The molecule has 0 atom stereocenters. The largest absolute Gasteiger partial charge is 0.371 e. The molecule has 0 bridgehead atoms. The molecule has 0 aliphatic carbocycles. The molecule has 3 heterocycles. The van der Waals surface area contributed by atoms with Crippen molar-refractivity contribution in [1.82, 2.24) is 19.8 Å². The van der Waals surface area contributed by atoms with Crippen molar-refractivity contribution in [3.63, 3.8) is 0 Å². The van der Waals surface area contributed by atoms with Gasteiger partial charge in [0, 0.05) is 56.2 Å². The maximum Gasteiger partial charge on any atom is 0.227 e. The maximum atomic E-state index is 14.8. The van der Waals surface area contributed by atoms with Crippen molar-refractivity contribution < 1.29 is 8.78 Å². The van der Waals surface area contributed by atoms with Gasteiger partial charge < -0.3 is 20.0 Å². The Morgan fingerprint density at radius 2 is 1.81 bits per heavy atom. The molecule has 4 rings (SSSR count). The highest BCUT2D eigenvalue weighted by atomic mass is 19.1. The van der Waals surface area contributed by atoms with E-state index in [2.05, 4.69) is 57.0 Å². The van der Waals surface area contributed by atoms with Crippen LogP contribution >= 0.6 is 0 Å². The predicted molar refractivity (Wildman–Crippen MR) is 125 cm³/mol. The zero-order valence-electron chi connectivity index (χ0n) is 19.1. The molecule has 2 aromatic rings. The molecule has 2 aliphatic rings. The third-order valence-corrected chi connectivity index (χ3v) is 6.04. The van der Waals surface area contributed by atoms with E-state index in [4.69, 9.17) is 0 Å². The van der Waals surface area contributed by atoms with E-state index in [-0.39, 0.29) is 17.5 Å². The second kappa shape index (κ2) is 9.24. The molecule has 170 valence electrons. The number of aromatic nitrogens is 2. The van der Waals surface area contributed by atoms with Gasteiger partial charge in [-0.2, -0.15) is 0 Å². The van der Waals surface area contributed by atoms with Gasteiger partial charge in [-0.05, 0) is 51.6 Å². The van der Waals surface area contributed by atoms with E-state index in [1.807, 2.05) is 13.1 Å². The van der Waals surface area contributed by atoms with E-state index in [9.17, 15) is 8.78 Å². The number of hydrogen-bond donors (Lipinski definition) is 1. The van der Waals surface area contributed by atoms with Crippen LogP contribution in [0.3, 0.4) is 0 Å². The normalized spacial score (nSPS) is 17.5. The van der Waals surface area contributed by atoms with Crippen LogP contribution in [-0.2, 0) is 0 Å². The minimum absolute atomic E-state index is 0.225. The van der Waals surface area contributed by atoms with Gasteiger partial charge >= 0.3 is 0 Å². The van der Waals surface area contributed by atoms with Crippen LogP contribution in [0.2, 0.25) is 0 Å². The van der Waals surface area contributed by atoms with Crippen LogP contribution in [0.5, 0.6) is 0 Å². The fraction of sp³-hybridized carbons (Fsp3) is 0.417. The molecular formula is C24H30F2N6. The molecule has 0 spiro atoms. The topological polar surface area (TPSA) is 47.5 Å². The number of anilines is 3. The number of rotatable bonds is 5. The molecule has 1 saturated heterocycles. The van der Waals surface area contributed by atoms with Gasteiger partial charge in [-0.15, -0.1) is 0 Å². The lowest BCUT2D eigenvalue weighted by Gasteiger charge is -2.34. The summed E-state index contributed by atoms with van der Waals surface area (Å²) >= 11 is 0. The van der Waals surface area contributed by atoms with Crippen molar-refractivity contribution >= 4 is 22.9 Å². The second-order valence-electron chi connectivity index (χ2n) is 8.69. The van der Waals surface area contributed by atoms with Crippen molar-refractivity contribution in [2.75, 3.05) is 50.0 Å². The number of nitrogens with zero attached hydrogens (tertiary/aromatic N) is 5. The first kappa shape index (κ1) is 22.2. The van der Waals surface area contributed by atoms with Gasteiger partial charge in [-0.1, -0.05) is 6.08 Å². The lowest BCUT2D eigenvalue weighted by molar-refractivity contribution is 0.311. The number of halogens is 2. The van der Waals surface area contributed by atoms with Gasteiger partial charge in [0.1, 0.15) is 11.5 Å². The standard InChI is InChI=1S/C24H30F2N6/c1-16(2)32-8-7-17(3)19(15-32)23-21(26)14-27-24(29-23)28-18-5-6-22(20(25)13-18)31-11-9-30(4)10-12-31/h5-7,13-16H,8-12H2,1-4H3,(H,27,28,29). The van der Waals surface area contributed by atoms with Gasteiger partial charge in [0.2, 0.25) is 5.95 Å². The summed E-state index contributed by atoms with van der Waals surface area (Å²) in [6.07, 6.45) is 5.16. The van der Waals surface area contributed by atoms with Crippen molar-refractivity contribution in [1.29, 1.82) is 0 Å². The number of likely N-dealkylation sites (N-methyl/N-ethyl adjacent to an activating group) is 1. The molecule has 1 aromatic heterocycles. The Bertz CT molecular complexity index is 1040. The number of nitrogens with one attached hydrogen (secondary N) is 1. The Labute approximate surface area is 188 Å². The summed E-state index contributed by atoms with van der Waals surface area (Å²) in [4.78, 5) is 14.9. The smallest absolute Gasteiger partial charge is 0.227 e. The van der Waals surface area contributed by atoms with Gasteiger partial charge in [0.25, 0.3) is 0 Å². The van der Waals surface area contributed by atoms with Crippen LogP contribution in [0.15, 0.2) is 42.2 Å². The third-order valence-electron chi connectivity index (χ3n) is 6.04. The third kappa shape index (κ3) is 4.75. The zero-order valence-corrected chi connectivity index (χ0v) is 19.1. The summed E-state index contributed by atoms with van der Waals surface area (Å²) in [5.41, 5.74) is 3.03. The van der Waals surface area contributed by atoms with Crippen LogP contribution < -0.4 is 10.2 Å². The fourth-order valence-corrected chi connectivity index (χ4v) is 3.91. The molecule has 1 fully saturated rings. The van der Waals surface area contributed by atoms with E-state index in [0.29, 0.717) is 17.4 Å². The van der Waals surface area contributed by atoms with E-state index >= 15 is 0 Å². The Morgan fingerprint density at radius 3 is 2.50 bits per heavy atom. The van der Waals surface area contributed by atoms with Crippen LogP contribution in [0, 0.1) is 11.6 Å². The van der Waals surface area contributed by atoms with Gasteiger partial charge in [0.05, 0.1) is 11.9 Å². The van der Waals surface area contributed by atoms with Crippen molar-refractivity contribution in [2.45, 2.75) is 26.8 Å². The summed E-state index contributed by atoms with van der Waals surface area (Å²) in [6, 6.07) is 5.30. The van der Waals surface area contributed by atoms with Crippen molar-refractivity contribution in [2.24, 2.45) is 0 Å². The quantitative estimate of drug-likeness (QED) is 0.750. The maximum absolute atomic E-state index is 14.8. The summed E-state index contributed by atoms with van der Waals surface area (Å²) in [5, 5.41) is 3.02. The Balaban J connectivity index is 1.56. The highest BCUT2D eigenvalue weighted by molar-refractivity contribution is 5.78. The highest BCUT2D eigenvalue weighted by Crippen LogP contribution is 2.29. The summed E-state index contributed by atoms with van der Waals surface area (Å²) in [5.74, 6) is -0.566. The fourth-order valence-electron chi connectivity index (χ4n) is 3.91. The zero-order chi connectivity index (χ0) is 22.8. The van der Waals surface area contributed by atoms with E-state index in [0.717, 1.165) is 50.1 Å².